The minimum atomic E-state index is -3.42. The molecule has 0 saturated heterocycles. The van der Waals surface area contributed by atoms with Crippen molar-refractivity contribution in [3.63, 3.8) is 0 Å². The van der Waals surface area contributed by atoms with Crippen LogP contribution in [0.2, 0.25) is 0 Å². The molecule has 0 spiro atoms. The molecule has 0 atom stereocenters. The lowest BCUT2D eigenvalue weighted by atomic mass is 10.3. The monoisotopic (exact) mass is 296 g/mol. The van der Waals surface area contributed by atoms with Crippen molar-refractivity contribution in [2.75, 3.05) is 37.4 Å². The van der Waals surface area contributed by atoms with E-state index < -0.39 is 10.0 Å². The van der Waals surface area contributed by atoms with Crippen LogP contribution in [0.15, 0.2) is 4.99 Å². The van der Waals surface area contributed by atoms with Gasteiger partial charge >= 0.3 is 0 Å². The summed E-state index contributed by atoms with van der Waals surface area (Å²) in [7, 11) is -3.42. The third-order valence-corrected chi connectivity index (χ3v) is 3.52. The summed E-state index contributed by atoms with van der Waals surface area (Å²) in [6.07, 6.45) is 4.26. The Balaban J connectivity index is 3.93. The van der Waals surface area contributed by atoms with E-state index in [0.717, 1.165) is 31.7 Å². The second-order valence-electron chi connectivity index (χ2n) is 3.75. The lowest BCUT2D eigenvalue weighted by Crippen LogP contribution is -2.40. The molecule has 4 N–H and O–H groups in total. The van der Waals surface area contributed by atoms with Crippen molar-refractivity contribution >= 4 is 27.7 Å². The third kappa shape index (κ3) is 12.0. The number of guanidine groups is 1. The average molecular weight is 296 g/mol. The summed E-state index contributed by atoms with van der Waals surface area (Å²) in [5.41, 5.74) is 0. The topological polar surface area (TPSA) is 96.6 Å². The fraction of sp³-hybridized carbons (Fsp3) is 0.900. The van der Waals surface area contributed by atoms with Gasteiger partial charge in [0.05, 0.1) is 5.75 Å². The number of sulfonamides is 1. The molecular formula is C10H24N4O2S2. The van der Waals surface area contributed by atoms with Gasteiger partial charge in [0.25, 0.3) is 0 Å². The molecule has 0 aromatic carbocycles. The number of nitrogens with one attached hydrogen (secondary N) is 2. The van der Waals surface area contributed by atoms with Crippen molar-refractivity contribution in [3.05, 3.63) is 0 Å². The Labute approximate surface area is 114 Å². The highest BCUT2D eigenvalue weighted by atomic mass is 32.2. The van der Waals surface area contributed by atoms with Crippen LogP contribution in [0.4, 0.5) is 0 Å². The predicted octanol–water partition coefficient (Wildman–Crippen LogP) is -0.0268. The highest BCUT2D eigenvalue weighted by Gasteiger charge is 2.03. The van der Waals surface area contributed by atoms with Crippen molar-refractivity contribution in [1.29, 1.82) is 0 Å². The molecule has 0 radical (unpaired) electrons. The minimum absolute atomic E-state index is 0.0934. The molecule has 0 aliphatic rings. The van der Waals surface area contributed by atoms with Gasteiger partial charge < -0.3 is 10.6 Å². The number of hydrogen-bond acceptors (Lipinski definition) is 4. The van der Waals surface area contributed by atoms with Crippen LogP contribution >= 0.6 is 11.8 Å². The Morgan fingerprint density at radius 1 is 1.33 bits per heavy atom. The molecular weight excluding hydrogens is 272 g/mol. The van der Waals surface area contributed by atoms with E-state index in [-0.39, 0.29) is 12.3 Å². The van der Waals surface area contributed by atoms with Crippen molar-refractivity contribution < 1.29 is 8.42 Å². The highest BCUT2D eigenvalue weighted by Crippen LogP contribution is 1.98. The molecule has 6 nitrogen and oxygen atoms in total. The van der Waals surface area contributed by atoms with Gasteiger partial charge in [0, 0.05) is 19.6 Å². The molecule has 0 saturated carbocycles. The van der Waals surface area contributed by atoms with Gasteiger partial charge in [-0.2, -0.15) is 11.8 Å². The molecule has 0 bridgehead atoms. The lowest BCUT2D eigenvalue weighted by Gasteiger charge is -2.10. The van der Waals surface area contributed by atoms with E-state index in [2.05, 4.69) is 21.9 Å². The zero-order valence-electron chi connectivity index (χ0n) is 11.1. The van der Waals surface area contributed by atoms with Crippen molar-refractivity contribution in [2.24, 2.45) is 10.1 Å². The van der Waals surface area contributed by atoms with Gasteiger partial charge in [0.2, 0.25) is 10.0 Å². The summed E-state index contributed by atoms with van der Waals surface area (Å²) >= 11 is 1.83. The number of rotatable bonds is 9. The van der Waals surface area contributed by atoms with Gasteiger partial charge in [0.15, 0.2) is 5.96 Å². The van der Waals surface area contributed by atoms with Crippen LogP contribution in [0.5, 0.6) is 0 Å². The summed E-state index contributed by atoms with van der Waals surface area (Å²) in [6, 6.07) is 0. The zero-order chi connectivity index (χ0) is 13.9. The number of thioether (sulfide) groups is 1. The van der Waals surface area contributed by atoms with Crippen LogP contribution in [-0.4, -0.2) is 51.8 Å². The van der Waals surface area contributed by atoms with Crippen molar-refractivity contribution in [1.82, 2.24) is 10.6 Å². The van der Waals surface area contributed by atoms with Crippen LogP contribution in [-0.2, 0) is 10.0 Å². The maximum Gasteiger partial charge on any atom is 0.210 e. The molecule has 0 aromatic heterocycles. The fourth-order valence-corrected chi connectivity index (χ4v) is 2.08. The number of nitrogens with two attached hydrogens (primary N) is 1. The lowest BCUT2D eigenvalue weighted by molar-refractivity contribution is 0.596. The van der Waals surface area contributed by atoms with Gasteiger partial charge in [-0.3, -0.25) is 4.99 Å². The first-order valence-electron chi connectivity index (χ1n) is 6.01. The van der Waals surface area contributed by atoms with Crippen LogP contribution in [0, 0.1) is 0 Å². The first kappa shape index (κ1) is 17.5. The summed E-state index contributed by atoms with van der Waals surface area (Å²) in [5.74, 6) is 1.69. The van der Waals surface area contributed by atoms with E-state index in [1.54, 1.807) is 0 Å². The maximum absolute atomic E-state index is 10.8. The third-order valence-electron chi connectivity index (χ3n) is 2.05. The number of aliphatic imine (C=N–C) groups is 1. The van der Waals surface area contributed by atoms with E-state index in [0.29, 0.717) is 5.96 Å². The minimum Gasteiger partial charge on any atom is -0.357 e. The first-order chi connectivity index (χ1) is 8.49. The van der Waals surface area contributed by atoms with Gasteiger partial charge in [0.1, 0.15) is 0 Å². The van der Waals surface area contributed by atoms with Gasteiger partial charge in [-0.25, -0.2) is 13.6 Å². The predicted molar refractivity (Wildman–Crippen MR) is 79.6 cm³/mol. The standard InChI is InChI=1S/C10H24N4O2S2/c1-3-12-10(13-6-4-5-8-17-2)14-7-9-18(11,15)16/h3-9H2,1-2H3,(H2,11,15,16)(H2,12,13,14). The molecule has 0 aliphatic heterocycles. The SMILES string of the molecule is CCNC(=NCCCCSC)NCCS(N)(=O)=O. The molecule has 0 aromatic rings. The molecule has 108 valence electrons. The Morgan fingerprint density at radius 3 is 2.61 bits per heavy atom. The molecule has 0 heterocycles. The molecule has 0 amide bonds. The molecule has 8 heteroatoms. The first-order valence-corrected chi connectivity index (χ1v) is 9.12. The molecule has 0 fully saturated rings. The second-order valence-corrected chi connectivity index (χ2v) is 6.47. The van der Waals surface area contributed by atoms with E-state index in [9.17, 15) is 8.42 Å². The molecule has 0 unspecified atom stereocenters. The average Bonchev–Trinajstić information content (AvgIpc) is 2.27. The number of nitrogens with zero attached hydrogens (tertiary/aromatic N) is 1. The Morgan fingerprint density at radius 2 is 2.06 bits per heavy atom. The summed E-state index contributed by atoms with van der Waals surface area (Å²) in [6.45, 7) is 3.72. The fourth-order valence-electron chi connectivity index (χ4n) is 1.20. The quantitative estimate of drug-likeness (QED) is 0.315. The number of primary sulfonamides is 1. The maximum atomic E-state index is 10.8. The summed E-state index contributed by atoms with van der Waals surface area (Å²) in [5, 5.41) is 10.9. The summed E-state index contributed by atoms with van der Waals surface area (Å²) < 4.78 is 21.6. The zero-order valence-corrected chi connectivity index (χ0v) is 12.7. The van der Waals surface area contributed by atoms with Crippen LogP contribution in [0.25, 0.3) is 0 Å². The smallest absolute Gasteiger partial charge is 0.210 e. The van der Waals surface area contributed by atoms with Crippen LogP contribution in [0.3, 0.4) is 0 Å². The Kier molecular flexibility index (Phi) is 10.2. The van der Waals surface area contributed by atoms with Gasteiger partial charge in [-0.1, -0.05) is 0 Å². The second kappa shape index (κ2) is 10.5. The van der Waals surface area contributed by atoms with E-state index >= 15 is 0 Å². The van der Waals surface area contributed by atoms with Crippen molar-refractivity contribution in [3.8, 4) is 0 Å². The van der Waals surface area contributed by atoms with Crippen molar-refractivity contribution in [2.45, 2.75) is 19.8 Å². The normalized spacial score (nSPS) is 12.5. The molecule has 18 heavy (non-hydrogen) atoms. The van der Waals surface area contributed by atoms with Gasteiger partial charge in [-0.15, -0.1) is 0 Å². The Hall–Kier alpha value is -0.470. The number of hydrogen-bond donors (Lipinski definition) is 3. The summed E-state index contributed by atoms with van der Waals surface area (Å²) in [4.78, 5) is 4.35. The highest BCUT2D eigenvalue weighted by molar-refractivity contribution is 7.98. The van der Waals surface area contributed by atoms with E-state index in [1.165, 1.54) is 0 Å². The van der Waals surface area contributed by atoms with E-state index in [1.807, 2.05) is 18.7 Å². The molecule has 0 aliphatic carbocycles. The number of unbranched alkanes of at least 4 members (excludes halogenated alkanes) is 1. The Bertz CT molecular complexity index is 331. The van der Waals surface area contributed by atoms with Crippen LogP contribution < -0.4 is 15.8 Å². The van der Waals surface area contributed by atoms with E-state index in [4.69, 9.17) is 5.14 Å². The largest absolute Gasteiger partial charge is 0.357 e. The molecule has 0 rings (SSSR count). The van der Waals surface area contributed by atoms with Gasteiger partial charge in [-0.05, 0) is 31.8 Å². The van der Waals surface area contributed by atoms with Crippen LogP contribution in [0.1, 0.15) is 19.8 Å².